The van der Waals surface area contributed by atoms with Crippen molar-refractivity contribution in [2.24, 2.45) is 4.99 Å². The maximum Gasteiger partial charge on any atom is 0.305 e. The van der Waals surface area contributed by atoms with E-state index in [9.17, 15) is 4.79 Å². The number of hydrogen-bond donors (Lipinski definition) is 2. The summed E-state index contributed by atoms with van der Waals surface area (Å²) in [6.07, 6.45) is 4.61. The summed E-state index contributed by atoms with van der Waals surface area (Å²) >= 11 is 0. The van der Waals surface area contributed by atoms with E-state index in [0.717, 1.165) is 50.7 Å². The molecule has 0 aromatic heterocycles. The fraction of sp³-hybridized carbons (Fsp3) is 0.619. The number of hydrogen-bond acceptors (Lipinski definition) is 5. The van der Waals surface area contributed by atoms with E-state index in [0.29, 0.717) is 6.42 Å². The number of para-hydroxylation sites is 1. The maximum atomic E-state index is 11.2. The summed E-state index contributed by atoms with van der Waals surface area (Å²) < 4.78 is 10.3. The van der Waals surface area contributed by atoms with Crippen LogP contribution >= 0.6 is 0 Å². The summed E-state index contributed by atoms with van der Waals surface area (Å²) in [4.78, 5) is 18.0. The first-order chi connectivity index (χ1) is 13.7. The van der Waals surface area contributed by atoms with Crippen molar-refractivity contribution in [3.05, 3.63) is 29.8 Å². The lowest BCUT2D eigenvalue weighted by atomic mass is 10.0. The molecule has 1 aliphatic heterocycles. The van der Waals surface area contributed by atoms with Crippen LogP contribution in [0.4, 0.5) is 0 Å². The summed E-state index contributed by atoms with van der Waals surface area (Å²) in [5.41, 5.74) is 1.20. The van der Waals surface area contributed by atoms with Crippen LogP contribution in [0, 0.1) is 0 Å². The van der Waals surface area contributed by atoms with Crippen molar-refractivity contribution in [1.82, 2.24) is 15.5 Å². The Morgan fingerprint density at radius 2 is 1.93 bits per heavy atom. The van der Waals surface area contributed by atoms with Gasteiger partial charge in [-0.25, -0.2) is 0 Å². The minimum Gasteiger partial charge on any atom is -0.496 e. The number of nitrogens with one attached hydrogen (secondary N) is 2. The van der Waals surface area contributed by atoms with Crippen molar-refractivity contribution >= 4 is 11.9 Å². The first-order valence-corrected chi connectivity index (χ1v) is 10.1. The molecule has 1 atom stereocenters. The Labute approximate surface area is 168 Å². The van der Waals surface area contributed by atoms with E-state index in [1.165, 1.54) is 25.5 Å². The second-order valence-electron chi connectivity index (χ2n) is 6.91. The number of unbranched alkanes of at least 4 members (excludes halogenated alkanes) is 1. The van der Waals surface area contributed by atoms with Gasteiger partial charge in [0, 0.05) is 32.1 Å². The van der Waals surface area contributed by atoms with Gasteiger partial charge in [-0.3, -0.25) is 14.7 Å². The van der Waals surface area contributed by atoms with Gasteiger partial charge in [0.25, 0.3) is 0 Å². The molecule has 1 fully saturated rings. The Morgan fingerprint density at radius 1 is 1.18 bits per heavy atom. The van der Waals surface area contributed by atoms with Crippen molar-refractivity contribution < 1.29 is 14.3 Å². The molecule has 2 rings (SSSR count). The lowest BCUT2D eigenvalue weighted by molar-refractivity contribution is -0.140. The summed E-state index contributed by atoms with van der Waals surface area (Å²) in [7, 11) is 4.92. The number of aliphatic imine (C=N–C) groups is 1. The molecule has 0 amide bonds. The van der Waals surface area contributed by atoms with E-state index in [4.69, 9.17) is 4.74 Å². The predicted molar refractivity (Wildman–Crippen MR) is 112 cm³/mol. The van der Waals surface area contributed by atoms with Gasteiger partial charge in [0.15, 0.2) is 5.96 Å². The van der Waals surface area contributed by atoms with Gasteiger partial charge in [0.1, 0.15) is 5.75 Å². The van der Waals surface area contributed by atoms with Gasteiger partial charge in [0.05, 0.1) is 20.3 Å². The van der Waals surface area contributed by atoms with Gasteiger partial charge in [-0.1, -0.05) is 18.2 Å². The van der Waals surface area contributed by atoms with E-state index in [2.05, 4.69) is 37.4 Å². The lowest BCUT2D eigenvalue weighted by Crippen LogP contribution is -2.43. The van der Waals surface area contributed by atoms with Crippen LogP contribution in [0.5, 0.6) is 5.75 Å². The molecule has 7 nitrogen and oxygen atoms in total. The minimum atomic E-state index is -0.159. The smallest absolute Gasteiger partial charge is 0.305 e. The van der Waals surface area contributed by atoms with Crippen LogP contribution in [0.2, 0.25) is 0 Å². The van der Waals surface area contributed by atoms with E-state index in [1.54, 1.807) is 14.2 Å². The summed E-state index contributed by atoms with van der Waals surface area (Å²) in [6, 6.07) is 8.47. The second kappa shape index (κ2) is 12.2. The summed E-state index contributed by atoms with van der Waals surface area (Å²) in [5.74, 6) is 1.54. The molecular weight excluding hydrogens is 356 g/mol. The number of carbonyl (C=O) groups excluding carboxylic acids is 1. The predicted octanol–water partition coefficient (Wildman–Crippen LogP) is 2.34. The molecular formula is C21H34N4O3. The zero-order chi connectivity index (χ0) is 20.2. The van der Waals surface area contributed by atoms with Crippen LogP contribution in [0.3, 0.4) is 0 Å². The Bertz CT molecular complexity index is 630. The average molecular weight is 391 g/mol. The fourth-order valence-electron chi connectivity index (χ4n) is 3.55. The summed E-state index contributed by atoms with van der Waals surface area (Å²) in [5, 5.41) is 6.78. The topological polar surface area (TPSA) is 75.2 Å². The van der Waals surface area contributed by atoms with Crippen molar-refractivity contribution in [1.29, 1.82) is 0 Å². The molecule has 1 heterocycles. The highest BCUT2D eigenvalue weighted by atomic mass is 16.5. The molecule has 0 spiro atoms. The minimum absolute atomic E-state index is 0.159. The van der Waals surface area contributed by atoms with E-state index in [-0.39, 0.29) is 12.0 Å². The number of likely N-dealkylation sites (tertiary alicyclic amines) is 1. The normalized spacial score (nSPS) is 15.9. The SMILES string of the molecule is CN=C(NCCCCC(=O)OC)NCC(c1ccccc1OC)N1CCCC1. The second-order valence-corrected chi connectivity index (χ2v) is 6.91. The zero-order valence-electron chi connectivity index (χ0n) is 17.4. The van der Waals surface area contributed by atoms with Crippen molar-refractivity contribution in [3.63, 3.8) is 0 Å². The number of carbonyl (C=O) groups is 1. The van der Waals surface area contributed by atoms with Crippen molar-refractivity contribution in [3.8, 4) is 5.75 Å². The highest BCUT2D eigenvalue weighted by molar-refractivity contribution is 5.79. The van der Waals surface area contributed by atoms with Gasteiger partial charge in [-0.15, -0.1) is 0 Å². The van der Waals surface area contributed by atoms with Crippen LogP contribution < -0.4 is 15.4 Å². The van der Waals surface area contributed by atoms with E-state index < -0.39 is 0 Å². The molecule has 0 bridgehead atoms. The van der Waals surface area contributed by atoms with E-state index >= 15 is 0 Å². The number of guanidine groups is 1. The number of rotatable bonds is 10. The van der Waals surface area contributed by atoms with Gasteiger partial charge in [0.2, 0.25) is 0 Å². The number of esters is 1. The zero-order valence-corrected chi connectivity index (χ0v) is 17.4. The van der Waals surface area contributed by atoms with Gasteiger partial charge in [-0.2, -0.15) is 0 Å². The number of ether oxygens (including phenoxy) is 2. The maximum absolute atomic E-state index is 11.2. The number of nitrogens with zero attached hydrogens (tertiary/aromatic N) is 2. The van der Waals surface area contributed by atoms with Gasteiger partial charge >= 0.3 is 5.97 Å². The first-order valence-electron chi connectivity index (χ1n) is 10.1. The number of benzene rings is 1. The standard InChI is InChI=1S/C21H34N4O3/c1-22-21(23-13-7-6-12-20(26)28-3)24-16-18(25-14-8-9-15-25)17-10-4-5-11-19(17)27-2/h4-5,10-11,18H,6-9,12-16H2,1-3H3,(H2,22,23,24). The molecule has 2 N–H and O–H groups in total. The highest BCUT2D eigenvalue weighted by Gasteiger charge is 2.25. The molecule has 156 valence electrons. The van der Waals surface area contributed by atoms with Crippen LogP contribution in [0.15, 0.2) is 29.3 Å². The highest BCUT2D eigenvalue weighted by Crippen LogP contribution is 2.31. The van der Waals surface area contributed by atoms with Crippen molar-refractivity contribution in [2.45, 2.75) is 38.1 Å². The molecule has 0 saturated carbocycles. The Hall–Kier alpha value is -2.28. The third-order valence-corrected chi connectivity index (χ3v) is 5.09. The van der Waals surface area contributed by atoms with Crippen LogP contribution in [-0.2, 0) is 9.53 Å². The first kappa shape index (κ1) is 22.0. The molecule has 1 aliphatic rings. The molecule has 1 aromatic carbocycles. The molecule has 28 heavy (non-hydrogen) atoms. The molecule has 0 radical (unpaired) electrons. The molecule has 1 saturated heterocycles. The van der Waals surface area contributed by atoms with E-state index in [1.807, 2.05) is 12.1 Å². The lowest BCUT2D eigenvalue weighted by Gasteiger charge is -2.30. The number of methoxy groups -OCH3 is 2. The third kappa shape index (κ3) is 6.71. The largest absolute Gasteiger partial charge is 0.496 e. The molecule has 7 heteroatoms. The Morgan fingerprint density at radius 3 is 2.61 bits per heavy atom. The van der Waals surface area contributed by atoms with Crippen LogP contribution in [0.25, 0.3) is 0 Å². The monoisotopic (exact) mass is 390 g/mol. The Kier molecular flexibility index (Phi) is 9.62. The molecule has 1 unspecified atom stereocenters. The van der Waals surface area contributed by atoms with Crippen molar-refractivity contribution in [2.75, 3.05) is 47.4 Å². The summed E-state index contributed by atoms with van der Waals surface area (Å²) in [6.45, 7) is 3.72. The van der Waals surface area contributed by atoms with Crippen LogP contribution in [-0.4, -0.2) is 64.3 Å². The Balaban J connectivity index is 1.90. The average Bonchev–Trinajstić information content (AvgIpc) is 3.26. The molecule has 1 aromatic rings. The van der Waals surface area contributed by atoms with Gasteiger partial charge < -0.3 is 20.1 Å². The third-order valence-electron chi connectivity index (χ3n) is 5.09. The fourth-order valence-corrected chi connectivity index (χ4v) is 3.55. The molecule has 0 aliphatic carbocycles. The quantitative estimate of drug-likeness (QED) is 0.276. The van der Waals surface area contributed by atoms with Gasteiger partial charge in [-0.05, 0) is 44.8 Å². The van der Waals surface area contributed by atoms with Crippen LogP contribution in [0.1, 0.15) is 43.7 Å².